The normalized spacial score (nSPS) is 13.3. The molecule has 0 saturated heterocycles. The van der Waals surface area contributed by atoms with E-state index in [-0.39, 0.29) is 0 Å². The molecule has 0 aromatic heterocycles. The number of aliphatic hydroxyl groups excluding tert-OH is 5. The third-order valence-corrected chi connectivity index (χ3v) is 1.64. The third-order valence-electron chi connectivity index (χ3n) is 1.64. The van der Waals surface area contributed by atoms with E-state index in [9.17, 15) is 9.59 Å². The highest BCUT2D eigenvalue weighted by Crippen LogP contribution is 1.92. The number of ether oxygens (including phenoxy) is 1. The molecular formula is C10H20O9. The van der Waals surface area contributed by atoms with Gasteiger partial charge in [-0.15, -0.1) is 0 Å². The monoisotopic (exact) mass is 284 g/mol. The van der Waals surface area contributed by atoms with Crippen molar-refractivity contribution in [3.8, 4) is 0 Å². The van der Waals surface area contributed by atoms with Gasteiger partial charge in [-0.05, 0) is 6.42 Å². The first-order chi connectivity index (χ1) is 8.79. The minimum atomic E-state index is -1.82. The molecule has 0 aliphatic heterocycles. The second kappa shape index (κ2) is 12.0. The van der Waals surface area contributed by atoms with Gasteiger partial charge in [-0.2, -0.15) is 0 Å². The summed E-state index contributed by atoms with van der Waals surface area (Å²) in [5, 5.41) is 49.9. The van der Waals surface area contributed by atoms with Gasteiger partial charge in [0.25, 0.3) is 0 Å². The average Bonchev–Trinajstić information content (AvgIpc) is 2.36. The lowest BCUT2D eigenvalue weighted by Crippen LogP contribution is -2.34. The van der Waals surface area contributed by atoms with Crippen LogP contribution in [-0.4, -0.2) is 74.3 Å². The molecule has 0 spiro atoms. The zero-order chi connectivity index (χ0) is 15.4. The first kappa shape index (κ1) is 20.2. The highest BCUT2D eigenvalue weighted by molar-refractivity contribution is 5.89. The Morgan fingerprint density at radius 1 is 0.947 bits per heavy atom. The van der Waals surface area contributed by atoms with Gasteiger partial charge in [0.15, 0.2) is 18.5 Å². The van der Waals surface area contributed by atoms with E-state index in [4.69, 9.17) is 30.6 Å². The molecule has 2 unspecified atom stereocenters. The quantitative estimate of drug-likeness (QED) is 0.168. The van der Waals surface area contributed by atoms with Crippen molar-refractivity contribution in [2.75, 3.05) is 13.2 Å². The van der Waals surface area contributed by atoms with Gasteiger partial charge < -0.3 is 35.4 Å². The van der Waals surface area contributed by atoms with Crippen LogP contribution in [0.5, 0.6) is 0 Å². The Hall–Kier alpha value is -1.10. The van der Waals surface area contributed by atoms with E-state index in [1.54, 1.807) is 0 Å². The minimum absolute atomic E-state index is 0.486. The van der Waals surface area contributed by atoms with Gasteiger partial charge >= 0.3 is 11.9 Å². The zero-order valence-electron chi connectivity index (χ0n) is 10.5. The van der Waals surface area contributed by atoms with Crippen LogP contribution in [0.1, 0.15) is 19.8 Å². The summed E-state index contributed by atoms with van der Waals surface area (Å²) in [6, 6.07) is 0. The van der Waals surface area contributed by atoms with E-state index in [1.807, 2.05) is 6.92 Å². The first-order valence-electron chi connectivity index (χ1n) is 5.49. The molecule has 0 saturated carbocycles. The molecule has 19 heavy (non-hydrogen) atoms. The molecule has 0 fully saturated rings. The summed E-state index contributed by atoms with van der Waals surface area (Å²) in [7, 11) is 0. The van der Waals surface area contributed by atoms with Gasteiger partial charge in [0.2, 0.25) is 0 Å². The Bertz CT molecular complexity index is 233. The molecule has 0 heterocycles. The van der Waals surface area contributed by atoms with E-state index < -0.39 is 43.7 Å². The summed E-state index contributed by atoms with van der Waals surface area (Å²) in [6.07, 6.45) is -3.43. The molecule has 6 N–H and O–H groups in total. The van der Waals surface area contributed by atoms with Crippen molar-refractivity contribution in [3.05, 3.63) is 0 Å². The van der Waals surface area contributed by atoms with Gasteiger partial charge in [-0.3, -0.25) is 0 Å². The number of carbonyl (C=O) groups excluding carboxylic acids is 2. The molecule has 0 rings (SSSR count). The summed E-state index contributed by atoms with van der Waals surface area (Å²) in [4.78, 5) is 21.1. The van der Waals surface area contributed by atoms with Crippen molar-refractivity contribution >= 4 is 11.9 Å². The predicted octanol–water partition coefficient (Wildman–Crippen LogP) is -3.14. The topological polar surface area (TPSA) is 165 Å². The van der Waals surface area contributed by atoms with Crippen molar-refractivity contribution < 1.29 is 45.0 Å². The molecule has 0 aliphatic carbocycles. The molecule has 0 aromatic carbocycles. The highest BCUT2D eigenvalue weighted by atomic mass is 16.6. The number of hydrogen-bond donors (Lipinski definition) is 6. The van der Waals surface area contributed by atoms with E-state index in [0.717, 1.165) is 6.42 Å². The highest BCUT2D eigenvalue weighted by Gasteiger charge is 2.23. The van der Waals surface area contributed by atoms with Crippen LogP contribution in [0.15, 0.2) is 0 Å². The summed E-state index contributed by atoms with van der Waals surface area (Å²) < 4.78 is 3.86. The third kappa shape index (κ3) is 11.7. The number of hydrogen-bond acceptors (Lipinski definition) is 9. The average molecular weight is 284 g/mol. The van der Waals surface area contributed by atoms with Gasteiger partial charge in [0.1, 0.15) is 0 Å². The molecule has 0 aromatic rings. The van der Waals surface area contributed by atoms with Crippen LogP contribution in [0, 0.1) is 0 Å². The fraction of sp³-hybridized carbons (Fsp3) is 0.800. The number of rotatable bonds is 6. The Kier molecular flexibility index (Phi) is 12.7. The maximum absolute atomic E-state index is 10.6. The molecule has 114 valence electrons. The van der Waals surface area contributed by atoms with Crippen LogP contribution in [0.4, 0.5) is 0 Å². The fourth-order valence-electron chi connectivity index (χ4n) is 0.642. The second-order valence-corrected chi connectivity index (χ2v) is 3.41. The van der Waals surface area contributed by atoms with Crippen molar-refractivity contribution in [3.63, 3.8) is 0 Å². The number of esters is 2. The first-order valence-corrected chi connectivity index (χ1v) is 5.49. The minimum Gasteiger partial charge on any atom is -0.393 e. The molecule has 0 radical (unpaired) electrons. The van der Waals surface area contributed by atoms with Gasteiger partial charge in [-0.25, -0.2) is 9.59 Å². The predicted molar refractivity (Wildman–Crippen MR) is 60.4 cm³/mol. The Balaban J connectivity index is 0. The van der Waals surface area contributed by atoms with Crippen molar-refractivity contribution in [2.24, 2.45) is 0 Å². The standard InChI is InChI=1S/C6H10O7.C4H10O2/c7-1-3(9)5(11)13-6(12)4(10)2-8;1-2-3-4(5)6/h3-4,7-10H,1-2H2;4-6H,2-3H2,1H3. The van der Waals surface area contributed by atoms with Crippen molar-refractivity contribution in [1.29, 1.82) is 0 Å². The van der Waals surface area contributed by atoms with Gasteiger partial charge in [0, 0.05) is 0 Å². The molecule has 0 amide bonds. The zero-order valence-corrected chi connectivity index (χ0v) is 10.5. The lowest BCUT2D eigenvalue weighted by atomic mass is 10.3. The van der Waals surface area contributed by atoms with E-state index in [2.05, 4.69) is 4.74 Å². The van der Waals surface area contributed by atoms with Gasteiger partial charge in [-0.1, -0.05) is 13.3 Å². The molecule has 2 atom stereocenters. The molecule has 0 aliphatic rings. The largest absolute Gasteiger partial charge is 0.393 e. The molecular weight excluding hydrogens is 264 g/mol. The smallest absolute Gasteiger partial charge is 0.345 e. The van der Waals surface area contributed by atoms with Crippen LogP contribution < -0.4 is 0 Å². The Morgan fingerprint density at radius 3 is 1.47 bits per heavy atom. The van der Waals surface area contributed by atoms with E-state index in [1.165, 1.54) is 0 Å². The fourth-order valence-corrected chi connectivity index (χ4v) is 0.642. The summed E-state index contributed by atoms with van der Waals surface area (Å²) in [5.41, 5.74) is 0. The molecule has 0 bridgehead atoms. The lowest BCUT2D eigenvalue weighted by molar-refractivity contribution is -0.173. The maximum atomic E-state index is 10.6. The number of carbonyl (C=O) groups is 2. The van der Waals surface area contributed by atoms with Crippen LogP contribution in [0.3, 0.4) is 0 Å². The SMILES string of the molecule is CCCC(O)O.O=C(OC(=O)C(O)CO)C(O)CO. The summed E-state index contributed by atoms with van der Waals surface area (Å²) in [6.45, 7) is 0.127. The molecule has 9 heteroatoms. The summed E-state index contributed by atoms with van der Waals surface area (Å²) >= 11 is 0. The van der Waals surface area contributed by atoms with Crippen LogP contribution in [0.25, 0.3) is 0 Å². The van der Waals surface area contributed by atoms with Crippen molar-refractivity contribution in [1.82, 2.24) is 0 Å². The maximum Gasteiger partial charge on any atom is 0.345 e. The van der Waals surface area contributed by atoms with Crippen molar-refractivity contribution in [2.45, 2.75) is 38.3 Å². The van der Waals surface area contributed by atoms with Crippen LogP contribution >= 0.6 is 0 Å². The van der Waals surface area contributed by atoms with Crippen LogP contribution in [0.2, 0.25) is 0 Å². The lowest BCUT2D eigenvalue weighted by Gasteiger charge is -2.08. The second-order valence-electron chi connectivity index (χ2n) is 3.41. The number of aliphatic hydroxyl groups is 6. The van der Waals surface area contributed by atoms with Crippen LogP contribution in [-0.2, 0) is 14.3 Å². The summed E-state index contributed by atoms with van der Waals surface area (Å²) in [5.74, 6) is -2.75. The van der Waals surface area contributed by atoms with Gasteiger partial charge in [0.05, 0.1) is 13.2 Å². The van der Waals surface area contributed by atoms with E-state index >= 15 is 0 Å². The Labute approximate surface area is 109 Å². The van der Waals surface area contributed by atoms with E-state index in [0.29, 0.717) is 6.42 Å². The molecule has 9 nitrogen and oxygen atoms in total. The Morgan fingerprint density at radius 2 is 1.32 bits per heavy atom.